The van der Waals surface area contributed by atoms with Crippen molar-refractivity contribution in [2.75, 3.05) is 7.11 Å². The first-order valence-corrected chi connectivity index (χ1v) is 7.16. The number of benzene rings is 2. The van der Waals surface area contributed by atoms with Crippen LogP contribution in [-0.4, -0.2) is 12.2 Å². The van der Waals surface area contributed by atoms with E-state index >= 15 is 0 Å². The number of hydrogen-bond acceptors (Lipinski definition) is 3. The number of rotatable bonds is 5. The average molecular weight is 358 g/mol. The van der Waals surface area contributed by atoms with Crippen molar-refractivity contribution in [2.24, 2.45) is 0 Å². The smallest absolute Gasteiger partial charge is 0.168 e. The summed E-state index contributed by atoms with van der Waals surface area (Å²) in [5.74, 6) is 1.11. The van der Waals surface area contributed by atoms with Gasteiger partial charge in [0.1, 0.15) is 6.61 Å². The van der Waals surface area contributed by atoms with Crippen LogP contribution in [0.15, 0.2) is 40.9 Å². The molecular weight excluding hydrogens is 344 g/mol. The highest BCUT2D eigenvalue weighted by molar-refractivity contribution is 9.10. The Morgan fingerprint density at radius 3 is 2.70 bits per heavy atom. The third-order valence-electron chi connectivity index (χ3n) is 2.82. The summed E-state index contributed by atoms with van der Waals surface area (Å²) in [5.41, 5.74) is 1.61. The first kappa shape index (κ1) is 15.2. The number of hydrogen-bond donors (Lipinski definition) is 1. The van der Waals surface area contributed by atoms with Crippen LogP contribution < -0.4 is 9.47 Å². The number of aliphatic hydroxyl groups excluding tert-OH is 1. The van der Waals surface area contributed by atoms with Crippen LogP contribution in [0.2, 0.25) is 5.02 Å². The maximum atomic E-state index is 9.47. The van der Waals surface area contributed by atoms with Crippen molar-refractivity contribution < 1.29 is 14.6 Å². The first-order chi connectivity index (χ1) is 9.65. The third kappa shape index (κ3) is 3.45. The Labute approximate surface area is 131 Å². The molecule has 2 aromatic carbocycles. The highest BCUT2D eigenvalue weighted by Crippen LogP contribution is 2.36. The van der Waals surface area contributed by atoms with Gasteiger partial charge in [-0.1, -0.05) is 39.7 Å². The van der Waals surface area contributed by atoms with Crippen molar-refractivity contribution in [3.05, 3.63) is 57.0 Å². The predicted molar refractivity (Wildman–Crippen MR) is 82.4 cm³/mol. The van der Waals surface area contributed by atoms with Gasteiger partial charge >= 0.3 is 0 Å². The molecule has 106 valence electrons. The molecule has 0 saturated carbocycles. The van der Waals surface area contributed by atoms with Crippen LogP contribution in [0, 0.1) is 0 Å². The Balaban J connectivity index is 2.26. The van der Waals surface area contributed by atoms with Gasteiger partial charge in [0.25, 0.3) is 0 Å². The molecule has 0 saturated heterocycles. The molecule has 0 atom stereocenters. The molecule has 2 aromatic rings. The third-order valence-corrected chi connectivity index (χ3v) is 3.80. The van der Waals surface area contributed by atoms with Gasteiger partial charge in [-0.25, -0.2) is 0 Å². The summed E-state index contributed by atoms with van der Waals surface area (Å²) in [5, 5.41) is 10.1. The highest BCUT2D eigenvalue weighted by atomic mass is 79.9. The van der Waals surface area contributed by atoms with Gasteiger partial charge in [-0.15, -0.1) is 0 Å². The molecule has 0 heterocycles. The first-order valence-electron chi connectivity index (χ1n) is 5.99. The molecule has 3 nitrogen and oxygen atoms in total. The van der Waals surface area contributed by atoms with E-state index in [0.717, 1.165) is 10.0 Å². The molecule has 0 fully saturated rings. The van der Waals surface area contributed by atoms with Crippen LogP contribution in [0.25, 0.3) is 0 Å². The molecule has 2 rings (SSSR count). The monoisotopic (exact) mass is 356 g/mol. The molecule has 0 radical (unpaired) electrons. The van der Waals surface area contributed by atoms with Crippen LogP contribution in [0.5, 0.6) is 11.5 Å². The molecule has 1 N–H and O–H groups in total. The summed E-state index contributed by atoms with van der Waals surface area (Å²) < 4.78 is 11.8. The summed E-state index contributed by atoms with van der Waals surface area (Å²) in [4.78, 5) is 0. The molecule has 0 amide bonds. The molecule has 0 bridgehead atoms. The number of ether oxygens (including phenoxy) is 2. The molecule has 5 heteroatoms. The average Bonchev–Trinajstić information content (AvgIpc) is 2.45. The van der Waals surface area contributed by atoms with Gasteiger partial charge in [0.15, 0.2) is 11.5 Å². The maximum absolute atomic E-state index is 9.47. The minimum Gasteiger partial charge on any atom is -0.493 e. The van der Waals surface area contributed by atoms with Gasteiger partial charge in [-0.05, 0) is 29.8 Å². The summed E-state index contributed by atoms with van der Waals surface area (Å²) in [6.07, 6.45) is 0. The zero-order valence-electron chi connectivity index (χ0n) is 10.9. The Kier molecular flexibility index (Phi) is 5.29. The van der Waals surface area contributed by atoms with Crippen LogP contribution >= 0.6 is 27.5 Å². The summed E-state index contributed by atoms with van der Waals surface area (Å²) in [6.45, 7) is 0.211. The fraction of sp³-hybridized carbons (Fsp3) is 0.200. The van der Waals surface area contributed by atoms with Gasteiger partial charge in [0.2, 0.25) is 0 Å². The van der Waals surface area contributed by atoms with E-state index in [2.05, 4.69) is 15.9 Å². The summed E-state index contributed by atoms with van der Waals surface area (Å²) in [6, 6.07) is 11.0. The number of halogens is 2. The van der Waals surface area contributed by atoms with Gasteiger partial charge in [0.05, 0.1) is 13.7 Å². The second kappa shape index (κ2) is 6.97. The number of aliphatic hydroxyl groups is 1. The van der Waals surface area contributed by atoms with Crippen molar-refractivity contribution in [3.8, 4) is 11.5 Å². The quantitative estimate of drug-likeness (QED) is 0.872. The fourth-order valence-electron chi connectivity index (χ4n) is 1.83. The van der Waals surface area contributed by atoms with E-state index < -0.39 is 0 Å². The highest BCUT2D eigenvalue weighted by Gasteiger charge is 2.14. The summed E-state index contributed by atoms with van der Waals surface area (Å²) in [7, 11) is 1.57. The lowest BCUT2D eigenvalue weighted by atomic mass is 10.2. The molecule has 20 heavy (non-hydrogen) atoms. The topological polar surface area (TPSA) is 38.7 Å². The molecule has 0 aromatic heterocycles. The van der Waals surface area contributed by atoms with Crippen molar-refractivity contribution in [2.45, 2.75) is 13.2 Å². The fourth-order valence-corrected chi connectivity index (χ4v) is 2.48. The Bertz CT molecular complexity index is 602. The van der Waals surface area contributed by atoms with E-state index in [4.69, 9.17) is 21.1 Å². The Hall–Kier alpha value is -1.23. The van der Waals surface area contributed by atoms with Crippen LogP contribution in [0.4, 0.5) is 0 Å². The lowest BCUT2D eigenvalue weighted by Gasteiger charge is -2.15. The molecule has 0 spiro atoms. The van der Waals surface area contributed by atoms with Crippen molar-refractivity contribution in [3.63, 3.8) is 0 Å². The largest absolute Gasteiger partial charge is 0.493 e. The maximum Gasteiger partial charge on any atom is 0.168 e. The standard InChI is InChI=1S/C15H14BrClO3/c1-19-14-6-5-13(16)12(8-18)15(14)20-9-10-3-2-4-11(17)7-10/h2-7,18H,8-9H2,1H3. The summed E-state index contributed by atoms with van der Waals surface area (Å²) >= 11 is 9.33. The zero-order chi connectivity index (χ0) is 14.5. The second-order valence-corrected chi connectivity index (χ2v) is 5.42. The van der Waals surface area contributed by atoms with Crippen LogP contribution in [0.1, 0.15) is 11.1 Å². The van der Waals surface area contributed by atoms with Gasteiger partial charge < -0.3 is 14.6 Å². The SMILES string of the molecule is COc1ccc(Br)c(CO)c1OCc1cccc(Cl)c1. The Morgan fingerprint density at radius 1 is 1.25 bits per heavy atom. The van der Waals surface area contributed by atoms with E-state index in [0.29, 0.717) is 28.7 Å². The van der Waals surface area contributed by atoms with E-state index in [9.17, 15) is 5.11 Å². The lowest BCUT2D eigenvalue weighted by molar-refractivity contribution is 0.249. The van der Waals surface area contributed by atoms with Gasteiger partial charge in [0, 0.05) is 15.1 Å². The second-order valence-electron chi connectivity index (χ2n) is 4.13. The molecule has 0 unspecified atom stereocenters. The molecule has 0 aliphatic heterocycles. The van der Waals surface area contributed by atoms with Gasteiger partial charge in [-0.2, -0.15) is 0 Å². The minimum atomic E-state index is -0.136. The van der Waals surface area contributed by atoms with Crippen molar-refractivity contribution >= 4 is 27.5 Å². The van der Waals surface area contributed by atoms with E-state index in [1.165, 1.54) is 0 Å². The lowest BCUT2D eigenvalue weighted by Crippen LogP contribution is -2.02. The minimum absolute atomic E-state index is 0.136. The molecule has 0 aliphatic carbocycles. The zero-order valence-corrected chi connectivity index (χ0v) is 13.2. The van der Waals surface area contributed by atoms with Crippen molar-refractivity contribution in [1.82, 2.24) is 0 Å². The van der Waals surface area contributed by atoms with Crippen LogP contribution in [0.3, 0.4) is 0 Å². The van der Waals surface area contributed by atoms with Crippen LogP contribution in [-0.2, 0) is 13.2 Å². The van der Waals surface area contributed by atoms with E-state index in [1.807, 2.05) is 30.3 Å². The normalized spacial score (nSPS) is 10.4. The molecular formula is C15H14BrClO3. The van der Waals surface area contributed by atoms with E-state index in [-0.39, 0.29) is 6.61 Å². The van der Waals surface area contributed by atoms with Gasteiger partial charge in [-0.3, -0.25) is 0 Å². The molecule has 0 aliphatic rings. The van der Waals surface area contributed by atoms with E-state index in [1.54, 1.807) is 13.2 Å². The predicted octanol–water partition coefficient (Wildman–Crippen LogP) is 4.18. The Morgan fingerprint density at radius 2 is 2.05 bits per heavy atom. The van der Waals surface area contributed by atoms with Crippen molar-refractivity contribution in [1.29, 1.82) is 0 Å². The number of methoxy groups -OCH3 is 1.